The lowest BCUT2D eigenvalue weighted by Crippen LogP contribution is -2.48. The first-order valence-corrected chi connectivity index (χ1v) is 4.94. The second-order valence-electron chi connectivity index (χ2n) is 2.75. The van der Waals surface area contributed by atoms with Gasteiger partial charge in [-0.15, -0.1) is 0 Å². The molecule has 1 fully saturated rings. The Morgan fingerprint density at radius 2 is 1.92 bits per heavy atom. The van der Waals surface area contributed by atoms with Gasteiger partial charge in [0.15, 0.2) is 0 Å². The molecule has 1 aliphatic rings. The van der Waals surface area contributed by atoms with Crippen LogP contribution in [0.1, 0.15) is 12.8 Å². The van der Waals surface area contributed by atoms with E-state index in [1.54, 1.807) is 4.72 Å². The van der Waals surface area contributed by atoms with Crippen molar-refractivity contribution < 1.29 is 22.3 Å². The molecule has 0 saturated heterocycles. The number of aliphatic hydroxyl groups is 1. The number of sulfonamides is 1. The van der Waals surface area contributed by atoms with Gasteiger partial charge in [0.1, 0.15) is 0 Å². The fourth-order valence-corrected chi connectivity index (χ4v) is 1.73. The van der Waals surface area contributed by atoms with Crippen molar-refractivity contribution in [1.29, 1.82) is 0 Å². The number of hydrogen-bond acceptors (Lipinski definition) is 3. The molecule has 0 radical (unpaired) electrons. The minimum Gasteiger partial charge on any atom is -0.393 e. The van der Waals surface area contributed by atoms with Gasteiger partial charge in [0, 0.05) is 6.04 Å². The molecular weight excluding hydrogens is 192 g/mol. The highest BCUT2D eigenvalue weighted by Crippen LogP contribution is 2.21. The minimum absolute atomic E-state index is 0.214. The molecule has 1 saturated carbocycles. The molecule has 72 valence electrons. The molecular formula is C5H9F2NO3S. The maximum atomic E-state index is 11.7. The molecule has 4 nitrogen and oxygen atoms in total. The molecule has 1 rings (SSSR count). The highest BCUT2D eigenvalue weighted by Gasteiger charge is 2.34. The lowest BCUT2D eigenvalue weighted by atomic mass is 9.91. The van der Waals surface area contributed by atoms with Crippen molar-refractivity contribution in [3.63, 3.8) is 0 Å². The van der Waals surface area contributed by atoms with E-state index in [4.69, 9.17) is 5.11 Å². The molecule has 0 aromatic heterocycles. The maximum Gasteiger partial charge on any atom is 0.350 e. The summed E-state index contributed by atoms with van der Waals surface area (Å²) in [6, 6.07) is -0.529. The van der Waals surface area contributed by atoms with Gasteiger partial charge in [-0.05, 0) is 12.8 Å². The van der Waals surface area contributed by atoms with Gasteiger partial charge < -0.3 is 5.11 Å². The number of hydrogen-bond donors (Lipinski definition) is 2. The van der Waals surface area contributed by atoms with Crippen LogP contribution in [0.4, 0.5) is 8.78 Å². The van der Waals surface area contributed by atoms with Crippen LogP contribution in [0.25, 0.3) is 0 Å². The van der Waals surface area contributed by atoms with Gasteiger partial charge in [0.2, 0.25) is 0 Å². The van der Waals surface area contributed by atoms with Crippen molar-refractivity contribution in [2.45, 2.75) is 30.7 Å². The van der Waals surface area contributed by atoms with E-state index in [2.05, 4.69) is 0 Å². The Morgan fingerprint density at radius 3 is 2.25 bits per heavy atom. The monoisotopic (exact) mass is 201 g/mol. The molecule has 0 unspecified atom stereocenters. The summed E-state index contributed by atoms with van der Waals surface area (Å²) < 4.78 is 46.2. The molecule has 0 bridgehead atoms. The van der Waals surface area contributed by atoms with Crippen LogP contribution in [0.3, 0.4) is 0 Å². The Kier molecular flexibility index (Phi) is 2.64. The Labute approximate surface area is 68.6 Å². The summed E-state index contributed by atoms with van der Waals surface area (Å²) in [4.78, 5) is 0. The highest BCUT2D eigenvalue weighted by molar-refractivity contribution is 7.89. The molecule has 12 heavy (non-hydrogen) atoms. The van der Waals surface area contributed by atoms with E-state index in [0.29, 0.717) is 0 Å². The van der Waals surface area contributed by atoms with Gasteiger partial charge in [0.05, 0.1) is 6.10 Å². The first-order valence-electron chi connectivity index (χ1n) is 3.39. The van der Waals surface area contributed by atoms with Crippen LogP contribution in [0, 0.1) is 0 Å². The average Bonchev–Trinajstić information content (AvgIpc) is 1.83. The summed E-state index contributed by atoms with van der Waals surface area (Å²) in [7, 11) is -4.48. The van der Waals surface area contributed by atoms with Crippen LogP contribution in [-0.4, -0.2) is 31.4 Å². The molecule has 0 amide bonds. The van der Waals surface area contributed by atoms with Gasteiger partial charge >= 0.3 is 5.76 Å². The molecule has 0 atom stereocenters. The molecule has 0 heterocycles. The van der Waals surface area contributed by atoms with Gasteiger partial charge in [-0.25, -0.2) is 13.1 Å². The average molecular weight is 201 g/mol. The lowest BCUT2D eigenvalue weighted by Gasteiger charge is -2.31. The van der Waals surface area contributed by atoms with E-state index in [1.807, 2.05) is 0 Å². The second-order valence-corrected chi connectivity index (χ2v) is 4.43. The normalized spacial score (nSPS) is 30.3. The molecule has 1 aliphatic carbocycles. The van der Waals surface area contributed by atoms with Crippen molar-refractivity contribution in [2.24, 2.45) is 0 Å². The zero-order valence-electron chi connectivity index (χ0n) is 6.07. The molecule has 0 aromatic carbocycles. The highest BCUT2D eigenvalue weighted by atomic mass is 32.2. The summed E-state index contributed by atoms with van der Waals surface area (Å²) >= 11 is 0. The van der Waals surface area contributed by atoms with Gasteiger partial charge in [-0.2, -0.15) is 8.78 Å². The quantitative estimate of drug-likeness (QED) is 0.656. The Bertz CT molecular complexity index is 247. The SMILES string of the molecule is O=S(=O)(NC1CC(O)C1)C(F)F. The topological polar surface area (TPSA) is 66.4 Å². The first-order chi connectivity index (χ1) is 5.42. The van der Waals surface area contributed by atoms with E-state index in [0.717, 1.165) is 0 Å². The fraction of sp³-hybridized carbons (Fsp3) is 1.00. The van der Waals surface area contributed by atoms with Gasteiger partial charge in [-0.3, -0.25) is 0 Å². The number of aliphatic hydroxyl groups excluding tert-OH is 1. The summed E-state index contributed by atoms with van der Waals surface area (Å²) in [5.74, 6) is -3.39. The summed E-state index contributed by atoms with van der Waals surface area (Å²) in [5.41, 5.74) is 0. The van der Waals surface area contributed by atoms with Crippen LogP contribution in [0.15, 0.2) is 0 Å². The predicted octanol–water partition coefficient (Wildman–Crippen LogP) is -0.348. The predicted molar refractivity (Wildman–Crippen MR) is 37.1 cm³/mol. The number of alkyl halides is 2. The third-order valence-corrected chi connectivity index (χ3v) is 2.81. The van der Waals surface area contributed by atoms with E-state index >= 15 is 0 Å². The molecule has 0 aromatic rings. The molecule has 0 aliphatic heterocycles. The summed E-state index contributed by atoms with van der Waals surface area (Å²) in [5, 5.41) is 8.73. The Morgan fingerprint density at radius 1 is 1.42 bits per heavy atom. The first kappa shape index (κ1) is 9.82. The lowest BCUT2D eigenvalue weighted by molar-refractivity contribution is 0.0702. The van der Waals surface area contributed by atoms with Gasteiger partial charge in [0.25, 0.3) is 10.0 Å². The van der Waals surface area contributed by atoms with Crippen molar-refractivity contribution in [2.75, 3.05) is 0 Å². The van der Waals surface area contributed by atoms with Crippen LogP contribution >= 0.6 is 0 Å². The zero-order chi connectivity index (χ0) is 9.35. The van der Waals surface area contributed by atoms with Gasteiger partial charge in [-0.1, -0.05) is 0 Å². The van der Waals surface area contributed by atoms with Crippen molar-refractivity contribution in [3.05, 3.63) is 0 Å². The number of halogens is 2. The second kappa shape index (κ2) is 3.23. The van der Waals surface area contributed by atoms with Crippen LogP contribution < -0.4 is 4.72 Å². The van der Waals surface area contributed by atoms with Crippen LogP contribution in [0.2, 0.25) is 0 Å². The number of rotatable bonds is 3. The van der Waals surface area contributed by atoms with Crippen molar-refractivity contribution in [1.82, 2.24) is 4.72 Å². The third kappa shape index (κ3) is 2.11. The summed E-state index contributed by atoms with van der Waals surface area (Å²) in [6.45, 7) is 0. The van der Waals surface area contributed by atoms with E-state index in [1.165, 1.54) is 0 Å². The van der Waals surface area contributed by atoms with E-state index in [9.17, 15) is 17.2 Å². The van der Waals surface area contributed by atoms with Crippen LogP contribution in [0.5, 0.6) is 0 Å². The van der Waals surface area contributed by atoms with Crippen LogP contribution in [-0.2, 0) is 10.0 Å². The molecule has 7 heteroatoms. The zero-order valence-corrected chi connectivity index (χ0v) is 6.89. The van der Waals surface area contributed by atoms with Crippen molar-refractivity contribution >= 4 is 10.0 Å². The van der Waals surface area contributed by atoms with Crippen molar-refractivity contribution in [3.8, 4) is 0 Å². The smallest absolute Gasteiger partial charge is 0.350 e. The Balaban J connectivity index is 2.42. The fourth-order valence-electron chi connectivity index (χ4n) is 0.968. The summed E-state index contributed by atoms with van der Waals surface area (Å²) in [6.07, 6.45) is -0.131. The van der Waals surface area contributed by atoms with E-state index < -0.39 is 27.9 Å². The minimum atomic E-state index is -4.48. The maximum absolute atomic E-state index is 11.7. The molecule has 0 spiro atoms. The third-order valence-electron chi connectivity index (χ3n) is 1.68. The Hall–Kier alpha value is -0.270. The molecule has 2 N–H and O–H groups in total. The number of nitrogens with one attached hydrogen (secondary N) is 1. The standard InChI is InChI=1S/C5H9F2NO3S/c6-5(7)12(10,11)8-3-1-4(9)2-3/h3-5,8-9H,1-2H2. The largest absolute Gasteiger partial charge is 0.393 e. The van der Waals surface area contributed by atoms with E-state index in [-0.39, 0.29) is 12.8 Å².